The van der Waals surface area contributed by atoms with E-state index in [1.165, 1.54) is 30.8 Å². The molecule has 28 heavy (non-hydrogen) atoms. The number of amides is 2. The summed E-state index contributed by atoms with van der Waals surface area (Å²) >= 11 is 7.23. The van der Waals surface area contributed by atoms with Crippen LogP contribution in [0.25, 0.3) is 0 Å². The van der Waals surface area contributed by atoms with Crippen LogP contribution >= 0.6 is 22.9 Å². The second-order valence-corrected chi connectivity index (χ2v) is 7.18. The largest absolute Gasteiger partial charge is 0.495 e. The van der Waals surface area contributed by atoms with E-state index in [-0.39, 0.29) is 18.0 Å². The summed E-state index contributed by atoms with van der Waals surface area (Å²) in [6.45, 7) is -0.250. The highest BCUT2D eigenvalue weighted by Gasteiger charge is 2.36. The number of hydrogen-bond donors (Lipinski definition) is 3. The zero-order valence-corrected chi connectivity index (χ0v) is 16.3. The molecule has 2 amide bonds. The van der Waals surface area contributed by atoms with Crippen LogP contribution in [0.5, 0.6) is 5.75 Å². The third kappa shape index (κ3) is 4.19. The van der Waals surface area contributed by atoms with E-state index in [1.807, 2.05) is 0 Å². The molecule has 9 heteroatoms. The smallest absolute Gasteiger partial charge is 0.313 e. The molecule has 0 aliphatic carbocycles. The zero-order valence-electron chi connectivity index (χ0n) is 14.8. The molecule has 0 aliphatic rings. The predicted octanol–water partition coefficient (Wildman–Crippen LogP) is 2.99. The Balaban J connectivity index is 1.72. The Labute approximate surface area is 169 Å². The van der Waals surface area contributed by atoms with E-state index in [4.69, 9.17) is 20.8 Å². The van der Waals surface area contributed by atoms with Crippen LogP contribution in [-0.2, 0) is 15.2 Å². The Morgan fingerprint density at radius 2 is 2.07 bits per heavy atom. The molecule has 0 saturated carbocycles. The average molecular weight is 421 g/mol. The first-order chi connectivity index (χ1) is 13.4. The molecule has 3 aromatic rings. The van der Waals surface area contributed by atoms with E-state index in [2.05, 4.69) is 10.6 Å². The van der Waals surface area contributed by atoms with Gasteiger partial charge >= 0.3 is 11.8 Å². The molecule has 1 aromatic carbocycles. The van der Waals surface area contributed by atoms with Crippen LogP contribution in [0.4, 0.5) is 5.69 Å². The third-order valence-electron chi connectivity index (χ3n) is 3.98. The molecule has 0 fully saturated rings. The molecule has 3 N–H and O–H groups in total. The number of carbonyl (C=O) groups is 2. The van der Waals surface area contributed by atoms with Gasteiger partial charge in [0.2, 0.25) is 0 Å². The molecule has 0 spiro atoms. The van der Waals surface area contributed by atoms with Crippen LogP contribution in [-0.4, -0.2) is 30.6 Å². The molecular weight excluding hydrogens is 404 g/mol. The number of methoxy groups -OCH3 is 1. The van der Waals surface area contributed by atoms with Crippen molar-refractivity contribution in [2.45, 2.75) is 5.60 Å². The summed E-state index contributed by atoms with van der Waals surface area (Å²) in [7, 11) is 1.43. The molecule has 7 nitrogen and oxygen atoms in total. The molecule has 2 aromatic heterocycles. The highest BCUT2D eigenvalue weighted by Crippen LogP contribution is 2.32. The summed E-state index contributed by atoms with van der Waals surface area (Å²) in [6.07, 6.45) is 1.42. The van der Waals surface area contributed by atoms with Crippen LogP contribution in [0.1, 0.15) is 10.6 Å². The van der Waals surface area contributed by atoms with Gasteiger partial charge < -0.3 is 24.9 Å². The molecule has 3 rings (SSSR count). The number of ether oxygens (including phenoxy) is 1. The van der Waals surface area contributed by atoms with Crippen molar-refractivity contribution >= 4 is 40.4 Å². The van der Waals surface area contributed by atoms with Gasteiger partial charge in [0.25, 0.3) is 0 Å². The Morgan fingerprint density at radius 3 is 2.71 bits per heavy atom. The van der Waals surface area contributed by atoms with Gasteiger partial charge in [-0.3, -0.25) is 9.59 Å². The van der Waals surface area contributed by atoms with E-state index in [0.717, 1.165) is 0 Å². The molecular formula is C19H17ClN2O5S. The Hall–Kier alpha value is -2.81. The fourth-order valence-electron chi connectivity index (χ4n) is 2.57. The first-order valence-corrected chi connectivity index (χ1v) is 9.43. The number of benzene rings is 1. The van der Waals surface area contributed by atoms with Gasteiger partial charge in [0, 0.05) is 9.90 Å². The molecule has 0 aliphatic heterocycles. The minimum atomic E-state index is -1.60. The first kappa shape index (κ1) is 19.9. The van der Waals surface area contributed by atoms with Crippen molar-refractivity contribution < 1.29 is 23.8 Å². The highest BCUT2D eigenvalue weighted by atomic mass is 35.5. The van der Waals surface area contributed by atoms with Crippen molar-refractivity contribution in [3.8, 4) is 5.75 Å². The number of carbonyl (C=O) groups excluding carboxylic acids is 2. The van der Waals surface area contributed by atoms with Crippen molar-refractivity contribution in [2.75, 3.05) is 19.0 Å². The number of aliphatic hydroxyl groups is 1. The number of thiophene rings is 1. The van der Waals surface area contributed by atoms with Gasteiger partial charge in [-0.15, -0.1) is 11.3 Å². The van der Waals surface area contributed by atoms with Gasteiger partial charge in [0.15, 0.2) is 5.60 Å². The topological polar surface area (TPSA) is 101 Å². The second-order valence-electron chi connectivity index (χ2n) is 5.80. The summed E-state index contributed by atoms with van der Waals surface area (Å²) in [6, 6.07) is 11.4. The van der Waals surface area contributed by atoms with Crippen molar-refractivity contribution in [3.63, 3.8) is 0 Å². The lowest BCUT2D eigenvalue weighted by Crippen LogP contribution is -2.44. The van der Waals surface area contributed by atoms with E-state index in [0.29, 0.717) is 15.6 Å². The summed E-state index contributed by atoms with van der Waals surface area (Å²) in [5.74, 6) is -1.24. The predicted molar refractivity (Wildman–Crippen MR) is 106 cm³/mol. The van der Waals surface area contributed by atoms with Crippen molar-refractivity contribution in [3.05, 3.63) is 69.8 Å². The minimum Gasteiger partial charge on any atom is -0.495 e. The number of anilines is 1. The lowest BCUT2D eigenvalue weighted by atomic mass is 9.98. The van der Waals surface area contributed by atoms with Gasteiger partial charge in [-0.25, -0.2) is 0 Å². The van der Waals surface area contributed by atoms with Gasteiger partial charge in [0.1, 0.15) is 11.5 Å². The maximum atomic E-state index is 12.3. The standard InChI is InChI=1S/C19H17ClN2O5S/c1-26-14-7-6-12(20)10-13(14)22-18(24)17(23)21-11-19(25,15-4-2-8-27-15)16-5-3-9-28-16/h2-10,25H,11H2,1H3,(H,21,23)(H,22,24). The molecule has 0 radical (unpaired) electrons. The third-order valence-corrected chi connectivity index (χ3v) is 5.23. The van der Waals surface area contributed by atoms with Gasteiger partial charge in [-0.05, 0) is 41.8 Å². The minimum absolute atomic E-state index is 0.250. The van der Waals surface area contributed by atoms with E-state index in [1.54, 1.807) is 41.8 Å². The molecule has 0 bridgehead atoms. The Kier molecular flexibility index (Phi) is 6.03. The maximum absolute atomic E-state index is 12.3. The number of furan rings is 1. The number of nitrogens with one attached hydrogen (secondary N) is 2. The van der Waals surface area contributed by atoms with Crippen molar-refractivity contribution in [2.24, 2.45) is 0 Å². The van der Waals surface area contributed by atoms with Crippen LogP contribution in [0.3, 0.4) is 0 Å². The van der Waals surface area contributed by atoms with E-state index in [9.17, 15) is 14.7 Å². The fraction of sp³-hybridized carbons (Fsp3) is 0.158. The lowest BCUT2D eigenvalue weighted by Gasteiger charge is -2.25. The highest BCUT2D eigenvalue weighted by molar-refractivity contribution is 7.10. The molecule has 1 atom stereocenters. The van der Waals surface area contributed by atoms with Crippen LogP contribution in [0.2, 0.25) is 5.02 Å². The first-order valence-electron chi connectivity index (χ1n) is 8.17. The molecule has 146 valence electrons. The van der Waals surface area contributed by atoms with Gasteiger partial charge in [-0.2, -0.15) is 0 Å². The second kappa shape index (κ2) is 8.47. The fourth-order valence-corrected chi connectivity index (χ4v) is 3.57. The number of hydrogen-bond acceptors (Lipinski definition) is 6. The van der Waals surface area contributed by atoms with Crippen molar-refractivity contribution in [1.29, 1.82) is 0 Å². The van der Waals surface area contributed by atoms with Gasteiger partial charge in [0.05, 0.1) is 25.6 Å². The van der Waals surface area contributed by atoms with Gasteiger partial charge in [-0.1, -0.05) is 17.7 Å². The zero-order chi connectivity index (χ0) is 20.1. The lowest BCUT2D eigenvalue weighted by molar-refractivity contribution is -0.136. The summed E-state index contributed by atoms with van der Waals surface area (Å²) in [4.78, 5) is 25.1. The normalized spacial score (nSPS) is 12.8. The SMILES string of the molecule is COc1ccc(Cl)cc1NC(=O)C(=O)NCC(O)(c1ccco1)c1cccs1. The number of rotatable bonds is 6. The quantitative estimate of drug-likeness (QED) is 0.532. The van der Waals surface area contributed by atoms with E-state index >= 15 is 0 Å². The number of halogens is 1. The average Bonchev–Trinajstić information content (AvgIpc) is 3.40. The van der Waals surface area contributed by atoms with Crippen LogP contribution in [0.15, 0.2) is 58.5 Å². The molecule has 2 heterocycles. The maximum Gasteiger partial charge on any atom is 0.313 e. The summed E-state index contributed by atoms with van der Waals surface area (Å²) in [5, 5.41) is 18.2. The Bertz CT molecular complexity index is 923. The van der Waals surface area contributed by atoms with Crippen LogP contribution < -0.4 is 15.4 Å². The van der Waals surface area contributed by atoms with Crippen molar-refractivity contribution in [1.82, 2.24) is 5.32 Å². The summed E-state index contributed by atoms with van der Waals surface area (Å²) in [5.41, 5.74) is -1.34. The molecule has 0 saturated heterocycles. The Morgan fingerprint density at radius 1 is 1.25 bits per heavy atom. The molecule has 1 unspecified atom stereocenters. The summed E-state index contributed by atoms with van der Waals surface area (Å²) < 4.78 is 10.5. The monoisotopic (exact) mass is 420 g/mol. The van der Waals surface area contributed by atoms with E-state index < -0.39 is 17.4 Å². The van der Waals surface area contributed by atoms with Crippen LogP contribution in [0, 0.1) is 0 Å².